The van der Waals surface area contributed by atoms with Gasteiger partial charge in [-0.1, -0.05) is 32.1 Å². The molecular weight excluding hydrogens is 262 g/mol. The smallest absolute Gasteiger partial charge is 0.214 e. The van der Waals surface area contributed by atoms with Gasteiger partial charge in [-0.2, -0.15) is 0 Å². The molecule has 2 unspecified atom stereocenters. The summed E-state index contributed by atoms with van der Waals surface area (Å²) in [6.07, 6.45) is 9.25. The Balaban J connectivity index is 1.85. The predicted octanol–water partition coefficient (Wildman–Crippen LogP) is 2.04. The molecule has 0 spiro atoms. The van der Waals surface area contributed by atoms with Crippen LogP contribution in [-0.2, 0) is 10.0 Å². The van der Waals surface area contributed by atoms with Crippen LogP contribution in [0.25, 0.3) is 0 Å². The zero-order valence-corrected chi connectivity index (χ0v) is 12.5. The largest absolute Gasteiger partial charge is 0.396 e. The van der Waals surface area contributed by atoms with Crippen LogP contribution in [0.3, 0.4) is 0 Å². The van der Waals surface area contributed by atoms with Crippen LogP contribution in [0, 0.1) is 11.8 Å². The van der Waals surface area contributed by atoms with Crippen molar-refractivity contribution in [2.45, 2.75) is 63.0 Å². The Bertz CT molecular complexity index is 363. The van der Waals surface area contributed by atoms with E-state index in [2.05, 4.69) is 4.72 Å². The van der Waals surface area contributed by atoms with E-state index in [1.54, 1.807) is 0 Å². The van der Waals surface area contributed by atoms with Gasteiger partial charge >= 0.3 is 0 Å². The molecule has 0 bridgehead atoms. The molecule has 19 heavy (non-hydrogen) atoms. The van der Waals surface area contributed by atoms with E-state index in [-0.39, 0.29) is 17.8 Å². The Labute approximate surface area is 117 Å². The molecule has 4 nitrogen and oxygen atoms in total. The highest BCUT2D eigenvalue weighted by Gasteiger charge is 2.30. The van der Waals surface area contributed by atoms with Crippen molar-refractivity contribution in [3.8, 4) is 0 Å². The van der Waals surface area contributed by atoms with E-state index in [1.165, 1.54) is 6.42 Å². The first kappa shape index (κ1) is 15.3. The Hall–Kier alpha value is -0.130. The normalized spacial score (nSPS) is 30.4. The van der Waals surface area contributed by atoms with E-state index in [9.17, 15) is 13.5 Å². The van der Waals surface area contributed by atoms with Crippen molar-refractivity contribution in [3.63, 3.8) is 0 Å². The lowest BCUT2D eigenvalue weighted by Gasteiger charge is -2.31. The van der Waals surface area contributed by atoms with Crippen LogP contribution in [-0.4, -0.2) is 31.9 Å². The van der Waals surface area contributed by atoms with Crippen molar-refractivity contribution in [3.05, 3.63) is 0 Å². The van der Waals surface area contributed by atoms with Crippen LogP contribution < -0.4 is 4.72 Å². The third-order valence-corrected chi connectivity index (χ3v) is 6.76. The van der Waals surface area contributed by atoms with Gasteiger partial charge in [0.15, 0.2) is 0 Å². The van der Waals surface area contributed by atoms with E-state index >= 15 is 0 Å². The molecule has 0 aromatic heterocycles. The van der Waals surface area contributed by atoms with Gasteiger partial charge in [-0.25, -0.2) is 13.1 Å². The number of nitrogens with one attached hydrogen (secondary N) is 1. The molecule has 0 saturated heterocycles. The summed E-state index contributed by atoms with van der Waals surface area (Å²) < 4.78 is 27.3. The summed E-state index contributed by atoms with van der Waals surface area (Å²) >= 11 is 0. The third kappa shape index (κ3) is 4.17. The van der Waals surface area contributed by atoms with E-state index in [1.807, 2.05) is 0 Å². The van der Waals surface area contributed by atoms with Gasteiger partial charge in [0, 0.05) is 13.2 Å². The number of aliphatic hydroxyl groups is 1. The maximum Gasteiger partial charge on any atom is 0.214 e. The van der Waals surface area contributed by atoms with Crippen molar-refractivity contribution in [1.82, 2.24) is 4.72 Å². The molecule has 5 heteroatoms. The molecule has 2 N–H and O–H groups in total. The quantitative estimate of drug-likeness (QED) is 0.814. The Kier molecular flexibility index (Phi) is 5.66. The van der Waals surface area contributed by atoms with Crippen molar-refractivity contribution in [1.29, 1.82) is 0 Å². The number of hydrogen-bond donors (Lipinski definition) is 2. The molecule has 0 radical (unpaired) electrons. The topological polar surface area (TPSA) is 66.4 Å². The van der Waals surface area contributed by atoms with Crippen molar-refractivity contribution in [2.75, 3.05) is 13.2 Å². The van der Waals surface area contributed by atoms with Crippen molar-refractivity contribution in [2.24, 2.45) is 11.8 Å². The molecule has 0 heterocycles. The lowest BCUT2D eigenvalue weighted by Crippen LogP contribution is -2.40. The zero-order valence-electron chi connectivity index (χ0n) is 11.7. The first-order chi connectivity index (χ1) is 9.13. The first-order valence-electron chi connectivity index (χ1n) is 7.73. The van der Waals surface area contributed by atoms with Crippen LogP contribution in [0.1, 0.15) is 57.8 Å². The molecule has 112 valence electrons. The van der Waals surface area contributed by atoms with E-state index in [0.717, 1.165) is 51.4 Å². The minimum Gasteiger partial charge on any atom is -0.396 e. The minimum absolute atomic E-state index is 0.183. The predicted molar refractivity (Wildman–Crippen MR) is 76.3 cm³/mol. The van der Waals surface area contributed by atoms with Crippen LogP contribution >= 0.6 is 0 Å². The molecule has 2 saturated carbocycles. The Morgan fingerprint density at radius 1 is 0.895 bits per heavy atom. The molecule has 2 aliphatic carbocycles. The maximum atomic E-state index is 12.2. The fourth-order valence-electron chi connectivity index (χ4n) is 3.51. The average Bonchev–Trinajstić information content (AvgIpc) is 2.46. The second-order valence-corrected chi connectivity index (χ2v) is 8.19. The van der Waals surface area contributed by atoms with Gasteiger partial charge in [0.25, 0.3) is 0 Å². The van der Waals surface area contributed by atoms with Gasteiger partial charge < -0.3 is 5.11 Å². The van der Waals surface area contributed by atoms with Crippen LogP contribution in [0.4, 0.5) is 0 Å². The summed E-state index contributed by atoms with van der Waals surface area (Å²) in [6.45, 7) is 0.708. The summed E-state index contributed by atoms with van der Waals surface area (Å²) in [6, 6.07) is 0. The highest BCUT2D eigenvalue weighted by molar-refractivity contribution is 7.90. The summed E-state index contributed by atoms with van der Waals surface area (Å²) in [7, 11) is -3.15. The summed E-state index contributed by atoms with van der Waals surface area (Å²) in [5.74, 6) is 0.597. The second kappa shape index (κ2) is 7.04. The van der Waals surface area contributed by atoms with Gasteiger partial charge in [0.05, 0.1) is 5.25 Å². The molecule has 0 amide bonds. The number of sulfonamides is 1. The molecule has 2 atom stereocenters. The van der Waals surface area contributed by atoms with Gasteiger partial charge in [0.2, 0.25) is 10.0 Å². The lowest BCUT2D eigenvalue weighted by atomic mass is 9.80. The van der Waals surface area contributed by atoms with Crippen molar-refractivity contribution < 1.29 is 13.5 Å². The molecule has 2 aliphatic rings. The first-order valence-corrected chi connectivity index (χ1v) is 9.27. The van der Waals surface area contributed by atoms with Crippen molar-refractivity contribution >= 4 is 10.0 Å². The Morgan fingerprint density at radius 3 is 2.11 bits per heavy atom. The number of rotatable bonds is 5. The van der Waals surface area contributed by atoms with Crippen LogP contribution in [0.5, 0.6) is 0 Å². The molecule has 2 fully saturated rings. The Morgan fingerprint density at radius 2 is 1.47 bits per heavy atom. The lowest BCUT2D eigenvalue weighted by molar-refractivity contribution is 0.136. The number of aliphatic hydroxyl groups excluding tert-OH is 1. The highest BCUT2D eigenvalue weighted by Crippen LogP contribution is 2.30. The monoisotopic (exact) mass is 289 g/mol. The minimum atomic E-state index is -3.15. The standard InChI is InChI=1S/C14H27NO3S/c16-11-13-7-5-4-6-12(13)10-15-19(17,18)14-8-2-1-3-9-14/h12-16H,1-11H2. The maximum absolute atomic E-state index is 12.2. The van der Waals surface area contributed by atoms with Crippen LogP contribution in [0.2, 0.25) is 0 Å². The molecule has 0 aromatic rings. The summed E-state index contributed by atoms with van der Waals surface area (Å²) in [4.78, 5) is 0. The van der Waals surface area contributed by atoms with E-state index in [0.29, 0.717) is 12.5 Å². The van der Waals surface area contributed by atoms with E-state index < -0.39 is 10.0 Å². The van der Waals surface area contributed by atoms with Gasteiger partial charge in [-0.3, -0.25) is 0 Å². The zero-order chi connectivity index (χ0) is 13.7. The number of hydrogen-bond acceptors (Lipinski definition) is 3. The molecular formula is C14H27NO3S. The van der Waals surface area contributed by atoms with Gasteiger partial charge in [-0.05, 0) is 37.5 Å². The average molecular weight is 289 g/mol. The van der Waals surface area contributed by atoms with Crippen LogP contribution in [0.15, 0.2) is 0 Å². The fraction of sp³-hybridized carbons (Fsp3) is 1.00. The SMILES string of the molecule is O=S(=O)(NCC1CCCCC1CO)C1CCCCC1. The third-order valence-electron chi connectivity index (χ3n) is 4.84. The fourth-order valence-corrected chi connectivity index (χ4v) is 5.15. The highest BCUT2D eigenvalue weighted by atomic mass is 32.2. The summed E-state index contributed by atoms with van der Waals surface area (Å²) in [5.41, 5.74) is 0. The van der Waals surface area contributed by atoms with Gasteiger partial charge in [0.1, 0.15) is 0 Å². The molecule has 0 aliphatic heterocycles. The second-order valence-electron chi connectivity index (χ2n) is 6.14. The summed E-state index contributed by atoms with van der Waals surface area (Å²) in [5, 5.41) is 9.18. The molecule has 2 rings (SSSR count). The van der Waals surface area contributed by atoms with Gasteiger partial charge in [-0.15, -0.1) is 0 Å². The molecule has 0 aromatic carbocycles. The van der Waals surface area contributed by atoms with E-state index in [4.69, 9.17) is 0 Å².